The van der Waals surface area contributed by atoms with Crippen LogP contribution in [-0.4, -0.2) is 40.9 Å². The lowest BCUT2D eigenvalue weighted by Crippen LogP contribution is -2.27. The molecule has 1 fully saturated rings. The molecule has 9 nitrogen and oxygen atoms in total. The van der Waals surface area contributed by atoms with Crippen molar-refractivity contribution in [3.8, 4) is 0 Å². The molecule has 0 spiro atoms. The highest BCUT2D eigenvalue weighted by molar-refractivity contribution is 6.30. The molecule has 36 heavy (non-hydrogen) atoms. The van der Waals surface area contributed by atoms with E-state index in [1.165, 1.54) is 5.01 Å². The van der Waals surface area contributed by atoms with Gasteiger partial charge in [0.2, 0.25) is 0 Å². The van der Waals surface area contributed by atoms with Crippen molar-refractivity contribution in [2.45, 2.75) is 45.2 Å². The molecule has 0 radical (unpaired) electrons. The van der Waals surface area contributed by atoms with E-state index < -0.39 is 12.0 Å². The molecule has 4 rings (SSSR count). The molecule has 10 heteroatoms. The zero-order valence-corrected chi connectivity index (χ0v) is 21.7. The Morgan fingerprint density at radius 1 is 1.31 bits per heavy atom. The number of nitrogens with one attached hydrogen (secondary N) is 1. The number of aromatic nitrogens is 2. The van der Waals surface area contributed by atoms with Gasteiger partial charge in [-0.3, -0.25) is 0 Å². The number of imidazole rings is 1. The van der Waals surface area contributed by atoms with Gasteiger partial charge in [-0.15, -0.1) is 0 Å². The molecular formula is C26H33ClN6O3. The van der Waals surface area contributed by atoms with Crippen molar-refractivity contribution in [3.63, 3.8) is 0 Å². The molecule has 3 aromatic rings. The van der Waals surface area contributed by atoms with Crippen LogP contribution in [-0.2, 0) is 4.74 Å². The van der Waals surface area contributed by atoms with Crippen molar-refractivity contribution >= 4 is 34.6 Å². The molecule has 2 heterocycles. The average Bonchev–Trinajstić information content (AvgIpc) is 3.48. The van der Waals surface area contributed by atoms with Crippen molar-refractivity contribution in [2.75, 3.05) is 36.3 Å². The number of halogens is 1. The van der Waals surface area contributed by atoms with Gasteiger partial charge in [-0.05, 0) is 62.6 Å². The maximum Gasteiger partial charge on any atom is 0.356 e. The van der Waals surface area contributed by atoms with Gasteiger partial charge in [-0.1, -0.05) is 23.7 Å². The molecule has 2 aromatic carbocycles. The van der Waals surface area contributed by atoms with Gasteiger partial charge in [0, 0.05) is 36.3 Å². The third kappa shape index (κ3) is 5.00. The monoisotopic (exact) mass is 512 g/mol. The quantitative estimate of drug-likeness (QED) is 0.193. The highest BCUT2D eigenvalue weighted by atomic mass is 35.5. The van der Waals surface area contributed by atoms with Gasteiger partial charge in [0.25, 0.3) is 0 Å². The summed E-state index contributed by atoms with van der Waals surface area (Å²) >= 11 is 6.19. The minimum absolute atomic E-state index is 0.0152. The van der Waals surface area contributed by atoms with Crippen LogP contribution in [0.5, 0.6) is 0 Å². The molecule has 1 saturated heterocycles. The second-order valence-electron chi connectivity index (χ2n) is 9.50. The van der Waals surface area contributed by atoms with Crippen molar-refractivity contribution in [1.82, 2.24) is 9.55 Å². The first kappa shape index (κ1) is 25.8. The Morgan fingerprint density at radius 3 is 2.56 bits per heavy atom. The van der Waals surface area contributed by atoms with Crippen LogP contribution in [0, 0.1) is 6.92 Å². The molecule has 0 bridgehead atoms. The molecule has 192 valence electrons. The lowest BCUT2D eigenvalue weighted by atomic mass is 10.00. The van der Waals surface area contributed by atoms with E-state index in [-0.39, 0.29) is 17.7 Å². The molecular weight excluding hydrogens is 480 g/mol. The summed E-state index contributed by atoms with van der Waals surface area (Å²) in [6, 6.07) is 10.6. The molecule has 1 aromatic heterocycles. The van der Waals surface area contributed by atoms with Crippen molar-refractivity contribution in [1.29, 1.82) is 0 Å². The van der Waals surface area contributed by atoms with E-state index in [9.17, 15) is 9.90 Å². The first-order valence-corrected chi connectivity index (χ1v) is 12.3. The van der Waals surface area contributed by atoms with E-state index in [0.717, 1.165) is 29.1 Å². The second kappa shape index (κ2) is 10.4. The molecule has 2 atom stereocenters. The fourth-order valence-corrected chi connectivity index (χ4v) is 4.88. The van der Waals surface area contributed by atoms with E-state index >= 15 is 0 Å². The number of nitrogens with zero attached hydrogens (tertiary/aromatic N) is 3. The Bertz CT molecular complexity index is 1250. The summed E-state index contributed by atoms with van der Waals surface area (Å²) in [5.41, 5.74) is 10.5. The standard InChI is InChI=1S/C26H33ClN6O3/c1-14(2)33-24(23(26(34)35)31-25(33)17-9-10-36-13-17)22(16-5-7-18(27)8-6-16)30-19-11-15(3)21(28)20(12-19)32(4)29/h5-8,11-12,14,17,22,30H,9-10,13,28-29H2,1-4H3,(H,34,35). The van der Waals surface area contributed by atoms with Crippen LogP contribution in [0.25, 0.3) is 0 Å². The summed E-state index contributed by atoms with van der Waals surface area (Å²) in [4.78, 5) is 17.2. The Morgan fingerprint density at radius 2 is 2.00 bits per heavy atom. The predicted molar refractivity (Wildman–Crippen MR) is 143 cm³/mol. The van der Waals surface area contributed by atoms with Crippen molar-refractivity contribution in [2.24, 2.45) is 5.84 Å². The smallest absolute Gasteiger partial charge is 0.356 e. The molecule has 1 aliphatic rings. The lowest BCUT2D eigenvalue weighted by Gasteiger charge is -2.27. The highest BCUT2D eigenvalue weighted by Gasteiger charge is 2.34. The predicted octanol–water partition coefficient (Wildman–Crippen LogP) is 4.72. The van der Waals surface area contributed by atoms with Crippen LogP contribution >= 0.6 is 11.6 Å². The van der Waals surface area contributed by atoms with E-state index in [2.05, 4.69) is 10.3 Å². The fourth-order valence-electron chi connectivity index (χ4n) is 4.75. The normalized spacial score (nSPS) is 16.4. The number of nitrogen functional groups attached to an aromatic ring is 1. The Hall–Kier alpha value is -3.27. The van der Waals surface area contributed by atoms with E-state index in [0.29, 0.717) is 35.3 Å². The van der Waals surface area contributed by atoms with Gasteiger partial charge in [0.1, 0.15) is 5.82 Å². The van der Waals surface area contributed by atoms with E-state index in [1.54, 1.807) is 19.2 Å². The number of ether oxygens (including phenoxy) is 1. The topological polar surface area (TPSA) is 132 Å². The van der Waals surface area contributed by atoms with Crippen molar-refractivity contribution in [3.05, 3.63) is 69.8 Å². The number of benzene rings is 2. The van der Waals surface area contributed by atoms with Gasteiger partial charge < -0.3 is 30.5 Å². The number of carbonyl (C=O) groups is 1. The molecule has 0 saturated carbocycles. The van der Waals surface area contributed by atoms with Gasteiger partial charge in [-0.2, -0.15) is 0 Å². The van der Waals surface area contributed by atoms with E-state index in [4.69, 9.17) is 27.9 Å². The molecule has 2 unspecified atom stereocenters. The first-order valence-electron chi connectivity index (χ1n) is 11.9. The van der Waals surface area contributed by atoms with Crippen LogP contribution in [0.3, 0.4) is 0 Å². The Balaban J connectivity index is 1.94. The number of aryl methyl sites for hydroxylation is 1. The maximum atomic E-state index is 12.5. The minimum Gasteiger partial charge on any atom is -0.476 e. The number of aromatic carboxylic acids is 1. The Labute approximate surface area is 216 Å². The largest absolute Gasteiger partial charge is 0.476 e. The molecule has 1 aliphatic heterocycles. The number of carboxylic acids is 1. The SMILES string of the molecule is Cc1cc(NC(c2ccc(Cl)cc2)c2c(C(=O)O)nc(C3CCOC3)n2C(C)C)cc(N(C)N)c1N. The summed E-state index contributed by atoms with van der Waals surface area (Å²) in [5.74, 6) is 5.71. The molecule has 6 N–H and O–H groups in total. The second-order valence-corrected chi connectivity index (χ2v) is 9.94. The summed E-state index contributed by atoms with van der Waals surface area (Å²) in [7, 11) is 1.72. The van der Waals surface area contributed by atoms with E-state index in [1.807, 2.05) is 49.6 Å². The minimum atomic E-state index is -1.08. The van der Waals surface area contributed by atoms with Crippen LogP contribution in [0.15, 0.2) is 36.4 Å². The third-order valence-corrected chi connectivity index (χ3v) is 6.77. The van der Waals surface area contributed by atoms with Gasteiger partial charge in [0.05, 0.1) is 29.7 Å². The summed E-state index contributed by atoms with van der Waals surface area (Å²) in [6.45, 7) is 7.12. The molecule has 0 amide bonds. The van der Waals surface area contributed by atoms with Crippen molar-refractivity contribution < 1.29 is 14.6 Å². The van der Waals surface area contributed by atoms with Crippen LogP contribution < -0.4 is 21.9 Å². The highest BCUT2D eigenvalue weighted by Crippen LogP contribution is 2.38. The number of nitrogens with two attached hydrogens (primary N) is 2. The van der Waals surface area contributed by atoms with Gasteiger partial charge >= 0.3 is 5.97 Å². The maximum absolute atomic E-state index is 12.5. The number of carboxylic acid groups (broad SMARTS) is 1. The Kier molecular flexibility index (Phi) is 7.44. The number of anilines is 3. The third-order valence-electron chi connectivity index (χ3n) is 6.52. The fraction of sp³-hybridized carbons (Fsp3) is 0.385. The van der Waals surface area contributed by atoms with Crippen LogP contribution in [0.4, 0.5) is 17.1 Å². The first-order chi connectivity index (χ1) is 17.1. The summed E-state index contributed by atoms with van der Waals surface area (Å²) < 4.78 is 7.65. The summed E-state index contributed by atoms with van der Waals surface area (Å²) in [5, 5.41) is 15.8. The van der Waals surface area contributed by atoms with Crippen LogP contribution in [0.1, 0.15) is 71.4 Å². The van der Waals surface area contributed by atoms with Crippen LogP contribution in [0.2, 0.25) is 5.02 Å². The average molecular weight is 513 g/mol. The number of hydrogen-bond donors (Lipinski definition) is 4. The van der Waals surface area contributed by atoms with Gasteiger partial charge in [-0.25, -0.2) is 15.6 Å². The lowest BCUT2D eigenvalue weighted by molar-refractivity contribution is 0.0689. The number of hydrogen-bond acceptors (Lipinski definition) is 7. The number of hydrazine groups is 1. The number of rotatable bonds is 8. The molecule has 0 aliphatic carbocycles. The zero-order valence-electron chi connectivity index (χ0n) is 21.0. The summed E-state index contributed by atoms with van der Waals surface area (Å²) in [6.07, 6.45) is 0.796. The van der Waals surface area contributed by atoms with Gasteiger partial charge in [0.15, 0.2) is 5.69 Å². The zero-order chi connectivity index (χ0) is 26.1.